The monoisotopic (exact) mass is 263 g/mol. The first-order valence-corrected chi connectivity index (χ1v) is 6.36. The number of benzene rings is 1. The van der Waals surface area contributed by atoms with Crippen LogP contribution in [-0.2, 0) is 11.3 Å². The summed E-state index contributed by atoms with van der Waals surface area (Å²) in [4.78, 5) is 11.8. The van der Waals surface area contributed by atoms with Crippen molar-refractivity contribution in [2.45, 2.75) is 20.0 Å². The lowest BCUT2D eigenvalue weighted by Gasteiger charge is -2.11. The molecule has 0 atom stereocenters. The van der Waals surface area contributed by atoms with Crippen molar-refractivity contribution < 1.29 is 14.3 Å². The third kappa shape index (κ3) is 4.75. The second kappa shape index (κ2) is 8.32. The fourth-order valence-corrected chi connectivity index (χ4v) is 1.63. The minimum atomic E-state index is -0.126. The van der Waals surface area contributed by atoms with Gasteiger partial charge in [0.25, 0.3) is 5.91 Å². The van der Waals surface area contributed by atoms with Gasteiger partial charge < -0.3 is 14.8 Å². The van der Waals surface area contributed by atoms with Gasteiger partial charge in [0.1, 0.15) is 5.75 Å². The van der Waals surface area contributed by atoms with Crippen LogP contribution >= 0.6 is 0 Å². The van der Waals surface area contributed by atoms with Crippen molar-refractivity contribution in [1.82, 2.24) is 5.32 Å². The maximum atomic E-state index is 11.8. The summed E-state index contributed by atoms with van der Waals surface area (Å²) >= 11 is 0. The lowest BCUT2D eigenvalue weighted by molar-refractivity contribution is 0.0957. The molecule has 104 valence electrons. The molecule has 0 aliphatic heterocycles. The zero-order valence-electron chi connectivity index (χ0n) is 11.6. The topological polar surface area (TPSA) is 47.6 Å². The van der Waals surface area contributed by atoms with E-state index in [4.69, 9.17) is 9.47 Å². The molecule has 0 aliphatic carbocycles. The number of methoxy groups -OCH3 is 1. The quantitative estimate of drug-likeness (QED) is 0.579. The van der Waals surface area contributed by atoms with Crippen LogP contribution in [0.3, 0.4) is 0 Å². The Bertz CT molecular complexity index is 429. The second-order valence-corrected chi connectivity index (χ2v) is 4.08. The van der Waals surface area contributed by atoms with Crippen LogP contribution in [-0.4, -0.2) is 26.2 Å². The third-order valence-electron chi connectivity index (χ3n) is 2.56. The summed E-state index contributed by atoms with van der Waals surface area (Å²) in [6, 6.07) is 5.32. The smallest absolute Gasteiger partial charge is 0.251 e. The van der Waals surface area contributed by atoms with Crippen LogP contribution < -0.4 is 10.1 Å². The van der Waals surface area contributed by atoms with E-state index in [2.05, 4.69) is 18.8 Å². The van der Waals surface area contributed by atoms with Gasteiger partial charge >= 0.3 is 0 Å². The van der Waals surface area contributed by atoms with Crippen molar-refractivity contribution in [2.24, 2.45) is 0 Å². The molecule has 0 fully saturated rings. The first-order valence-electron chi connectivity index (χ1n) is 6.36. The number of hydrogen-bond donors (Lipinski definition) is 1. The molecule has 0 saturated heterocycles. The van der Waals surface area contributed by atoms with Gasteiger partial charge in [-0.05, 0) is 24.6 Å². The number of hydrogen-bond acceptors (Lipinski definition) is 3. The van der Waals surface area contributed by atoms with Crippen LogP contribution in [0.25, 0.3) is 0 Å². The summed E-state index contributed by atoms with van der Waals surface area (Å²) in [5, 5.41) is 2.74. The zero-order chi connectivity index (χ0) is 14.1. The maximum Gasteiger partial charge on any atom is 0.251 e. The highest BCUT2D eigenvalue weighted by molar-refractivity contribution is 5.94. The van der Waals surface area contributed by atoms with E-state index in [0.717, 1.165) is 17.7 Å². The third-order valence-corrected chi connectivity index (χ3v) is 2.56. The Morgan fingerprint density at radius 3 is 2.89 bits per heavy atom. The molecule has 4 nitrogen and oxygen atoms in total. The Kier molecular flexibility index (Phi) is 6.68. The number of carbonyl (C=O) groups is 1. The highest BCUT2D eigenvalue weighted by Crippen LogP contribution is 2.21. The predicted octanol–water partition coefficient (Wildman–Crippen LogP) is 2.54. The molecule has 4 heteroatoms. The Hall–Kier alpha value is -1.81. The minimum absolute atomic E-state index is 0.126. The van der Waals surface area contributed by atoms with Gasteiger partial charge in [-0.2, -0.15) is 0 Å². The predicted molar refractivity (Wildman–Crippen MR) is 75.5 cm³/mol. The molecule has 0 aromatic heterocycles. The average molecular weight is 263 g/mol. The highest BCUT2D eigenvalue weighted by atomic mass is 16.5. The first-order chi connectivity index (χ1) is 9.22. The van der Waals surface area contributed by atoms with Gasteiger partial charge in [-0.25, -0.2) is 0 Å². The Morgan fingerprint density at radius 2 is 2.26 bits per heavy atom. The molecule has 0 bridgehead atoms. The van der Waals surface area contributed by atoms with Gasteiger partial charge in [0, 0.05) is 24.3 Å². The maximum absolute atomic E-state index is 11.8. The second-order valence-electron chi connectivity index (χ2n) is 4.08. The van der Waals surface area contributed by atoms with Gasteiger partial charge in [0.2, 0.25) is 0 Å². The molecule has 0 unspecified atom stereocenters. The first kappa shape index (κ1) is 15.2. The number of ether oxygens (including phenoxy) is 2. The van der Waals surface area contributed by atoms with Gasteiger partial charge in [-0.15, -0.1) is 6.58 Å². The van der Waals surface area contributed by atoms with Crippen LogP contribution in [0.4, 0.5) is 0 Å². The van der Waals surface area contributed by atoms with Crippen molar-refractivity contribution >= 4 is 5.91 Å². The van der Waals surface area contributed by atoms with Gasteiger partial charge in [-0.1, -0.05) is 13.0 Å². The molecular formula is C15H21NO3. The van der Waals surface area contributed by atoms with Crippen LogP contribution in [0.5, 0.6) is 5.75 Å². The lowest BCUT2D eigenvalue weighted by atomic mass is 10.1. The van der Waals surface area contributed by atoms with E-state index in [1.54, 1.807) is 31.4 Å². The van der Waals surface area contributed by atoms with Crippen LogP contribution in [0.2, 0.25) is 0 Å². The average Bonchev–Trinajstić information content (AvgIpc) is 2.44. The largest absolute Gasteiger partial charge is 0.496 e. The molecule has 1 amide bonds. The standard InChI is InChI=1S/C15H21NO3/c1-4-8-16-15(17)12-6-7-14(18-3)13(10-12)11-19-9-5-2/h4,6-7,10H,1,5,8-9,11H2,2-3H3,(H,16,17). The van der Waals surface area contributed by atoms with Crippen LogP contribution in [0.1, 0.15) is 29.3 Å². The molecule has 0 radical (unpaired) electrons. The minimum Gasteiger partial charge on any atom is -0.496 e. The molecule has 0 heterocycles. The van der Waals surface area contributed by atoms with E-state index >= 15 is 0 Å². The normalized spacial score (nSPS) is 10.0. The number of nitrogens with one attached hydrogen (secondary N) is 1. The number of amides is 1. The van der Waals surface area contributed by atoms with E-state index in [1.165, 1.54) is 0 Å². The summed E-state index contributed by atoms with van der Waals surface area (Å²) < 4.78 is 10.8. The van der Waals surface area contributed by atoms with E-state index in [1.807, 2.05) is 0 Å². The van der Waals surface area contributed by atoms with E-state index in [0.29, 0.717) is 25.3 Å². The molecule has 1 N–H and O–H groups in total. The molecule has 0 spiro atoms. The number of carbonyl (C=O) groups excluding carboxylic acids is 1. The number of rotatable bonds is 8. The summed E-state index contributed by atoms with van der Waals surface area (Å²) in [5.41, 5.74) is 1.47. The van der Waals surface area contributed by atoms with Crippen molar-refractivity contribution in [2.75, 3.05) is 20.3 Å². The fourth-order valence-electron chi connectivity index (χ4n) is 1.63. The zero-order valence-corrected chi connectivity index (χ0v) is 11.6. The Morgan fingerprint density at radius 1 is 1.47 bits per heavy atom. The molecule has 0 saturated carbocycles. The molecule has 1 aromatic carbocycles. The summed E-state index contributed by atoms with van der Waals surface area (Å²) in [5.74, 6) is 0.607. The van der Waals surface area contributed by atoms with Crippen molar-refractivity contribution in [1.29, 1.82) is 0 Å². The van der Waals surface area contributed by atoms with Crippen LogP contribution in [0, 0.1) is 0 Å². The SMILES string of the molecule is C=CCNC(=O)c1ccc(OC)c(COCCC)c1. The molecule has 0 aliphatic rings. The van der Waals surface area contributed by atoms with Crippen molar-refractivity contribution in [3.05, 3.63) is 42.0 Å². The van der Waals surface area contributed by atoms with E-state index in [9.17, 15) is 4.79 Å². The van der Waals surface area contributed by atoms with Gasteiger partial charge in [0.05, 0.1) is 13.7 Å². The highest BCUT2D eigenvalue weighted by Gasteiger charge is 2.09. The van der Waals surface area contributed by atoms with Crippen molar-refractivity contribution in [3.8, 4) is 5.75 Å². The van der Waals surface area contributed by atoms with E-state index < -0.39 is 0 Å². The van der Waals surface area contributed by atoms with Gasteiger partial charge in [-0.3, -0.25) is 4.79 Å². The fraction of sp³-hybridized carbons (Fsp3) is 0.400. The van der Waals surface area contributed by atoms with E-state index in [-0.39, 0.29) is 5.91 Å². The van der Waals surface area contributed by atoms with Crippen molar-refractivity contribution in [3.63, 3.8) is 0 Å². The van der Waals surface area contributed by atoms with Gasteiger partial charge in [0.15, 0.2) is 0 Å². The Labute approximate surface area is 114 Å². The lowest BCUT2D eigenvalue weighted by Crippen LogP contribution is -2.23. The summed E-state index contributed by atoms with van der Waals surface area (Å²) in [6.45, 7) is 7.20. The molecular weight excluding hydrogens is 242 g/mol. The molecule has 19 heavy (non-hydrogen) atoms. The summed E-state index contributed by atoms with van der Waals surface area (Å²) in [6.07, 6.45) is 2.61. The summed E-state index contributed by atoms with van der Waals surface area (Å²) in [7, 11) is 1.61. The Balaban J connectivity index is 2.81. The molecule has 1 rings (SSSR count). The van der Waals surface area contributed by atoms with Crippen LogP contribution in [0.15, 0.2) is 30.9 Å². The molecule has 1 aromatic rings.